The zero-order valence-electron chi connectivity index (χ0n) is 10.5. The Hall–Kier alpha value is -1.48. The van der Waals surface area contributed by atoms with Gasteiger partial charge >= 0.3 is 6.18 Å². The first kappa shape index (κ1) is 14.5. The molecule has 2 aliphatic rings. The van der Waals surface area contributed by atoms with E-state index in [0.29, 0.717) is 34.7 Å². The number of hydrazone groups is 1. The number of aliphatic hydroxyl groups is 1. The molecule has 1 aromatic rings. The predicted molar refractivity (Wildman–Crippen MR) is 70.4 cm³/mol. The normalized spacial score (nSPS) is 24.5. The van der Waals surface area contributed by atoms with Crippen molar-refractivity contribution < 1.29 is 27.8 Å². The van der Waals surface area contributed by atoms with E-state index in [1.54, 1.807) is 17.6 Å². The van der Waals surface area contributed by atoms with E-state index in [2.05, 4.69) is 21.0 Å². The molecule has 0 fully saturated rings. The molecule has 0 aliphatic carbocycles. The van der Waals surface area contributed by atoms with Crippen molar-refractivity contribution in [2.24, 2.45) is 5.10 Å². The first-order valence-electron chi connectivity index (χ1n) is 6.02. The van der Waals surface area contributed by atoms with Crippen LogP contribution >= 0.6 is 15.9 Å². The lowest BCUT2D eigenvalue weighted by molar-refractivity contribution is -0.266. The van der Waals surface area contributed by atoms with Gasteiger partial charge in [0.15, 0.2) is 11.5 Å². The van der Waals surface area contributed by atoms with Crippen molar-refractivity contribution in [1.29, 1.82) is 0 Å². The minimum absolute atomic E-state index is 0.0821. The van der Waals surface area contributed by atoms with E-state index in [9.17, 15) is 18.3 Å². The van der Waals surface area contributed by atoms with E-state index in [-0.39, 0.29) is 5.71 Å². The van der Waals surface area contributed by atoms with Gasteiger partial charge in [-0.25, -0.2) is 0 Å². The zero-order chi connectivity index (χ0) is 15.3. The summed E-state index contributed by atoms with van der Waals surface area (Å²) in [7, 11) is 0. The number of benzene rings is 1. The molecule has 0 saturated heterocycles. The third kappa shape index (κ3) is 2.44. The number of hydrogen-bond donors (Lipinski definition) is 2. The highest BCUT2D eigenvalue weighted by atomic mass is 79.9. The highest BCUT2D eigenvalue weighted by Crippen LogP contribution is 2.39. The molecule has 0 amide bonds. The molecule has 1 aromatic carbocycles. The molecule has 2 aliphatic heterocycles. The SMILES string of the molecule is O[C@]1(C(F)(F)F)CC(c2cc3c(cc2Br)OCCO3)=NN1. The van der Waals surface area contributed by atoms with Gasteiger partial charge in [-0.1, -0.05) is 0 Å². The average molecular weight is 367 g/mol. The summed E-state index contributed by atoms with van der Waals surface area (Å²) < 4.78 is 49.6. The van der Waals surface area contributed by atoms with Crippen molar-refractivity contribution in [2.75, 3.05) is 13.2 Å². The van der Waals surface area contributed by atoms with Crippen molar-refractivity contribution in [2.45, 2.75) is 18.3 Å². The van der Waals surface area contributed by atoms with Crippen LogP contribution in [0.2, 0.25) is 0 Å². The van der Waals surface area contributed by atoms with E-state index < -0.39 is 18.3 Å². The van der Waals surface area contributed by atoms with E-state index in [1.807, 2.05) is 0 Å². The highest BCUT2D eigenvalue weighted by molar-refractivity contribution is 9.10. The maximum Gasteiger partial charge on any atom is 0.438 e. The van der Waals surface area contributed by atoms with Crippen LogP contribution in [-0.2, 0) is 0 Å². The third-order valence-electron chi connectivity index (χ3n) is 3.21. The molecular weight excluding hydrogens is 357 g/mol. The smallest absolute Gasteiger partial charge is 0.438 e. The predicted octanol–water partition coefficient (Wildman–Crippen LogP) is 2.17. The van der Waals surface area contributed by atoms with Gasteiger partial charge in [-0.15, -0.1) is 0 Å². The largest absolute Gasteiger partial charge is 0.486 e. The summed E-state index contributed by atoms with van der Waals surface area (Å²) in [6.07, 6.45) is -5.51. The van der Waals surface area contributed by atoms with Gasteiger partial charge in [0.2, 0.25) is 0 Å². The van der Waals surface area contributed by atoms with E-state index in [4.69, 9.17) is 9.47 Å². The molecule has 0 saturated carbocycles. The molecule has 9 heteroatoms. The van der Waals surface area contributed by atoms with Crippen LogP contribution in [0.25, 0.3) is 0 Å². The molecule has 21 heavy (non-hydrogen) atoms. The van der Waals surface area contributed by atoms with Gasteiger partial charge in [-0.05, 0) is 28.1 Å². The van der Waals surface area contributed by atoms with Gasteiger partial charge in [0.05, 0.1) is 12.1 Å². The molecule has 5 nitrogen and oxygen atoms in total. The number of alkyl halides is 3. The average Bonchev–Trinajstić information content (AvgIpc) is 2.81. The standard InChI is InChI=1S/C12H10BrF3N2O3/c13-7-4-10-9(20-1-2-21-10)3-6(7)8-5-11(19,18-17-8)12(14,15)16/h3-4,18-19H,1-2,5H2/t11-/m0/s1. The molecule has 0 unspecified atom stereocenters. The molecule has 0 aromatic heterocycles. The lowest BCUT2D eigenvalue weighted by Gasteiger charge is -2.25. The van der Waals surface area contributed by atoms with Crippen LogP contribution in [0.15, 0.2) is 21.7 Å². The number of nitrogens with one attached hydrogen (secondary N) is 1. The molecule has 0 spiro atoms. The van der Waals surface area contributed by atoms with E-state index >= 15 is 0 Å². The zero-order valence-corrected chi connectivity index (χ0v) is 12.1. The Morgan fingerprint density at radius 3 is 2.43 bits per heavy atom. The maximum atomic E-state index is 12.8. The fraction of sp³-hybridized carbons (Fsp3) is 0.417. The monoisotopic (exact) mass is 366 g/mol. The number of ether oxygens (including phenoxy) is 2. The van der Waals surface area contributed by atoms with Crippen molar-refractivity contribution in [1.82, 2.24) is 5.43 Å². The second-order valence-electron chi connectivity index (χ2n) is 4.68. The van der Waals surface area contributed by atoms with Crippen LogP contribution in [0.1, 0.15) is 12.0 Å². The summed E-state index contributed by atoms with van der Waals surface area (Å²) in [5.41, 5.74) is -0.801. The first-order chi connectivity index (χ1) is 9.80. The summed E-state index contributed by atoms with van der Waals surface area (Å²) >= 11 is 3.27. The minimum atomic E-state index is -4.82. The van der Waals surface area contributed by atoms with Gasteiger partial charge in [0.25, 0.3) is 5.72 Å². The Kier molecular flexibility index (Phi) is 3.28. The lowest BCUT2D eigenvalue weighted by atomic mass is 10.0. The molecule has 1 atom stereocenters. The third-order valence-corrected chi connectivity index (χ3v) is 3.87. The fourth-order valence-electron chi connectivity index (χ4n) is 2.09. The van der Waals surface area contributed by atoms with Crippen LogP contribution in [0, 0.1) is 0 Å². The number of hydrogen-bond acceptors (Lipinski definition) is 5. The second-order valence-corrected chi connectivity index (χ2v) is 5.54. The van der Waals surface area contributed by atoms with Gasteiger partial charge < -0.3 is 14.6 Å². The topological polar surface area (TPSA) is 63.1 Å². The molecule has 3 rings (SSSR count). The fourth-order valence-corrected chi connectivity index (χ4v) is 2.64. The molecule has 2 N–H and O–H groups in total. The lowest BCUT2D eigenvalue weighted by Crippen LogP contribution is -2.52. The van der Waals surface area contributed by atoms with Gasteiger partial charge in [0, 0.05) is 10.0 Å². The minimum Gasteiger partial charge on any atom is -0.486 e. The summed E-state index contributed by atoms with van der Waals surface area (Å²) in [5, 5.41) is 13.2. The Morgan fingerprint density at radius 1 is 1.24 bits per heavy atom. The van der Waals surface area contributed by atoms with Crippen molar-refractivity contribution >= 4 is 21.6 Å². The first-order valence-corrected chi connectivity index (χ1v) is 6.82. The van der Waals surface area contributed by atoms with Crippen LogP contribution in [-0.4, -0.2) is 35.9 Å². The van der Waals surface area contributed by atoms with Crippen molar-refractivity contribution in [3.05, 3.63) is 22.2 Å². The van der Waals surface area contributed by atoms with Crippen molar-refractivity contribution in [3.8, 4) is 11.5 Å². The van der Waals surface area contributed by atoms with Gasteiger partial charge in [-0.2, -0.15) is 18.3 Å². The van der Waals surface area contributed by atoms with Crippen molar-refractivity contribution in [3.63, 3.8) is 0 Å². The van der Waals surface area contributed by atoms with Crippen LogP contribution < -0.4 is 14.9 Å². The molecule has 0 radical (unpaired) electrons. The van der Waals surface area contributed by atoms with Gasteiger partial charge in [-0.3, -0.25) is 5.43 Å². The summed E-state index contributed by atoms with van der Waals surface area (Å²) in [4.78, 5) is 0. The Morgan fingerprint density at radius 2 is 1.86 bits per heavy atom. The Balaban J connectivity index is 1.92. The molecule has 114 valence electrons. The number of nitrogens with zero attached hydrogens (tertiary/aromatic N) is 1. The number of halogens is 4. The number of fused-ring (bicyclic) bond motifs is 1. The summed E-state index contributed by atoms with van der Waals surface area (Å²) in [6, 6.07) is 3.15. The van der Waals surface area contributed by atoms with E-state index in [0.717, 1.165) is 0 Å². The van der Waals surface area contributed by atoms with Gasteiger partial charge in [0.1, 0.15) is 13.2 Å². The Bertz CT molecular complexity index is 621. The van der Waals surface area contributed by atoms with Crippen LogP contribution in [0.3, 0.4) is 0 Å². The maximum absolute atomic E-state index is 12.8. The quantitative estimate of drug-likeness (QED) is 0.799. The van der Waals surface area contributed by atoms with Crippen LogP contribution in [0.4, 0.5) is 13.2 Å². The summed E-state index contributed by atoms with van der Waals surface area (Å²) in [5.74, 6) is 0.944. The van der Waals surface area contributed by atoms with E-state index in [1.165, 1.54) is 0 Å². The summed E-state index contributed by atoms with van der Waals surface area (Å²) in [6.45, 7) is 0.778. The second kappa shape index (κ2) is 4.77. The molecular formula is C12H10BrF3N2O3. The van der Waals surface area contributed by atoms with Crippen LogP contribution in [0.5, 0.6) is 11.5 Å². The highest BCUT2D eigenvalue weighted by Gasteiger charge is 2.57. The molecule has 0 bridgehead atoms. The molecule has 2 heterocycles. The Labute approximate surface area is 125 Å². The number of rotatable bonds is 1.